The minimum absolute atomic E-state index is 0.0351. The zero-order chi connectivity index (χ0) is 50.1. The van der Waals surface area contributed by atoms with E-state index in [4.69, 9.17) is 37.6 Å². The van der Waals surface area contributed by atoms with Gasteiger partial charge < -0.3 is 42.7 Å². The van der Waals surface area contributed by atoms with Crippen molar-refractivity contribution in [3.8, 4) is 0 Å². The molecule has 2 saturated heterocycles. The molecule has 0 radical (unpaired) electrons. The quantitative estimate of drug-likeness (QED) is 0.0212. The summed E-state index contributed by atoms with van der Waals surface area (Å²) in [5.74, 6) is -2.37. The van der Waals surface area contributed by atoms with E-state index in [1.54, 1.807) is 19.3 Å². The zero-order valence-corrected chi connectivity index (χ0v) is 48.1. The molecule has 1 saturated carbocycles. The van der Waals surface area contributed by atoms with Crippen LogP contribution < -0.4 is 0 Å². The first-order valence-electron chi connectivity index (χ1n) is 25.2. The molecular weight excluding hydrogens is 885 g/mol. The first kappa shape index (κ1) is 58.8. The predicted molar refractivity (Wildman–Crippen MR) is 274 cm³/mol. The molecule has 1 N–H and O–H groups in total. The van der Waals surface area contributed by atoms with Crippen LogP contribution in [0.5, 0.6) is 0 Å². The van der Waals surface area contributed by atoms with Gasteiger partial charge >= 0.3 is 11.9 Å². The van der Waals surface area contributed by atoms with Crippen molar-refractivity contribution in [3.05, 3.63) is 35.5 Å². The Balaban J connectivity index is 1.92. The molecule has 0 aromatic rings. The topological polar surface area (TPSA) is 128 Å². The highest BCUT2D eigenvalue weighted by molar-refractivity contribution is 6.76. The van der Waals surface area contributed by atoms with Gasteiger partial charge in [-0.05, 0) is 99.0 Å². The molecule has 11 nitrogen and oxygen atoms in total. The van der Waals surface area contributed by atoms with Crippen LogP contribution in [0.1, 0.15) is 107 Å². The number of hydrogen-bond donors (Lipinski definition) is 1. The number of methoxy groups -OCH3 is 2. The summed E-state index contributed by atoms with van der Waals surface area (Å²) >= 11 is 0. The van der Waals surface area contributed by atoms with E-state index in [0.717, 1.165) is 50.6 Å². The molecule has 2 aliphatic heterocycles. The van der Waals surface area contributed by atoms with Crippen LogP contribution in [0, 0.1) is 29.6 Å². The molecule has 0 aromatic carbocycles. The average molecular weight is 982 g/mol. The lowest BCUT2D eigenvalue weighted by molar-refractivity contribution is -0.338. The Labute approximate surface area is 405 Å². The number of ether oxygens (including phenoxy) is 7. The Bertz CT molecular complexity index is 1640. The van der Waals surface area contributed by atoms with Crippen molar-refractivity contribution in [2.24, 2.45) is 29.6 Å². The number of carbonyl (C=O) groups excluding carboxylic acids is 2. The molecular formula is C52H96O11Si3. The lowest BCUT2D eigenvalue weighted by atomic mass is 9.64. The summed E-state index contributed by atoms with van der Waals surface area (Å²) in [5.41, 5.74) is -1.02. The highest BCUT2D eigenvalue weighted by Crippen LogP contribution is 2.48. The van der Waals surface area contributed by atoms with Gasteiger partial charge in [0.25, 0.3) is 0 Å². The van der Waals surface area contributed by atoms with Crippen LogP contribution in [-0.4, -0.2) is 118 Å². The van der Waals surface area contributed by atoms with E-state index >= 15 is 0 Å². The van der Waals surface area contributed by atoms with Gasteiger partial charge in [-0.3, -0.25) is 4.79 Å². The summed E-state index contributed by atoms with van der Waals surface area (Å²) in [7, 11) is -2.13. The smallest absolute Gasteiger partial charge is 0.336 e. The fourth-order valence-corrected chi connectivity index (χ4v) is 12.4. The first-order chi connectivity index (χ1) is 30.4. The highest BCUT2D eigenvalue weighted by atomic mass is 28.4. The molecule has 14 heteroatoms. The van der Waals surface area contributed by atoms with Crippen LogP contribution in [-0.2, 0) is 47.2 Å². The predicted octanol–water partition coefficient (Wildman–Crippen LogP) is 11.7. The molecule has 0 aromatic heterocycles. The molecule has 3 fully saturated rings. The maximum Gasteiger partial charge on any atom is 0.336 e. The van der Waals surface area contributed by atoms with Gasteiger partial charge in [0.1, 0.15) is 18.5 Å². The van der Waals surface area contributed by atoms with Crippen molar-refractivity contribution < 1.29 is 52.3 Å². The van der Waals surface area contributed by atoms with E-state index < -0.39 is 65.9 Å². The summed E-state index contributed by atoms with van der Waals surface area (Å²) in [5, 5.41) is 13.2. The lowest BCUT2D eigenvalue weighted by Crippen LogP contribution is -2.65. The van der Waals surface area contributed by atoms with Gasteiger partial charge in [-0.15, -0.1) is 0 Å². The molecule has 11 atom stereocenters. The van der Waals surface area contributed by atoms with Crippen LogP contribution in [0.25, 0.3) is 0 Å². The van der Waals surface area contributed by atoms with Crippen LogP contribution in [0.4, 0.5) is 0 Å². The van der Waals surface area contributed by atoms with Crippen molar-refractivity contribution >= 4 is 36.4 Å². The largest absolute Gasteiger partial charge is 0.466 e. The fraction of sp³-hybridized carbons (Fsp3) is 0.846. The van der Waals surface area contributed by atoms with Gasteiger partial charge in [-0.2, -0.15) is 0 Å². The normalized spacial score (nSPS) is 31.4. The summed E-state index contributed by atoms with van der Waals surface area (Å²) in [6, 6.07) is 1.70. The summed E-state index contributed by atoms with van der Waals surface area (Å²) in [6.07, 6.45) is 11.3. The number of aliphatic hydroxyl groups is 1. The van der Waals surface area contributed by atoms with Crippen molar-refractivity contribution in [1.29, 1.82) is 0 Å². The molecule has 66 heavy (non-hydrogen) atoms. The summed E-state index contributed by atoms with van der Waals surface area (Å²) in [6.45, 7) is 38.6. The number of carbonyl (C=O) groups is 2. The van der Waals surface area contributed by atoms with Crippen molar-refractivity contribution in [2.75, 3.05) is 34.2 Å². The summed E-state index contributed by atoms with van der Waals surface area (Å²) < 4.78 is 50.6. The Hall–Kier alpha value is -1.47. The van der Waals surface area contributed by atoms with E-state index in [2.05, 4.69) is 114 Å². The van der Waals surface area contributed by atoms with Gasteiger partial charge in [0.05, 0.1) is 49.6 Å². The van der Waals surface area contributed by atoms with E-state index in [-0.39, 0.29) is 60.6 Å². The maximum absolute atomic E-state index is 14.1. The third-order valence-electron chi connectivity index (χ3n) is 14.6. The van der Waals surface area contributed by atoms with E-state index in [0.29, 0.717) is 18.4 Å². The molecule has 382 valence electrons. The van der Waals surface area contributed by atoms with Crippen LogP contribution in [0.15, 0.2) is 35.5 Å². The van der Waals surface area contributed by atoms with E-state index in [1.165, 1.54) is 12.7 Å². The lowest BCUT2D eigenvalue weighted by Gasteiger charge is -2.52. The van der Waals surface area contributed by atoms with Gasteiger partial charge in [-0.1, -0.05) is 118 Å². The van der Waals surface area contributed by atoms with Crippen molar-refractivity contribution in [2.45, 2.75) is 219 Å². The molecule has 0 unspecified atom stereocenters. The Morgan fingerprint density at radius 2 is 1.55 bits per heavy atom. The number of allylic oxidation sites excluding steroid dienone is 4. The second-order valence-electron chi connectivity index (χ2n) is 24.6. The molecule has 0 amide bonds. The minimum Gasteiger partial charge on any atom is -0.466 e. The van der Waals surface area contributed by atoms with Crippen molar-refractivity contribution in [3.63, 3.8) is 0 Å². The highest BCUT2D eigenvalue weighted by Gasteiger charge is 2.61. The molecule has 0 bridgehead atoms. The Kier molecular flexibility index (Phi) is 21.9. The third-order valence-corrected chi connectivity index (χ3v) is 22.5. The minimum atomic E-state index is -2.15. The molecule has 1 aliphatic carbocycles. The van der Waals surface area contributed by atoms with Gasteiger partial charge in [0.2, 0.25) is 0 Å². The van der Waals surface area contributed by atoms with Crippen LogP contribution in [0.3, 0.4) is 0 Å². The Morgan fingerprint density at radius 3 is 2.12 bits per heavy atom. The molecule has 3 rings (SSSR count). The Morgan fingerprint density at radius 1 is 0.909 bits per heavy atom. The maximum atomic E-state index is 14.1. The fourth-order valence-electron chi connectivity index (χ4n) is 9.57. The first-order valence-corrected chi connectivity index (χ1v) is 35.5. The SMILES string of the molecule is COC(=O)/C(=C\C=C\[C@H](C)C/C(C)=C/C[C@@H]1C[C@H](O[Si](C)(C)C(C)(C)C)C[C@]2(CC[C@H](C)[C@@H](C(C)C)O2)O1)[C@]1(O)[C@H](OCOCC[Si](C)(C)C)[C@H](OC)[C@@H](C)C[C@H]1C(=O)OCC[Si](C)(C)C. The third kappa shape index (κ3) is 16.9. The van der Waals surface area contributed by atoms with Crippen LogP contribution in [0.2, 0.25) is 69.5 Å². The van der Waals surface area contributed by atoms with Gasteiger partial charge in [0.15, 0.2) is 14.1 Å². The number of rotatable bonds is 22. The number of esters is 2. The zero-order valence-electron chi connectivity index (χ0n) is 45.1. The number of hydrogen-bond acceptors (Lipinski definition) is 11. The molecule has 2 heterocycles. The molecule has 3 aliphatic rings. The average Bonchev–Trinajstić information content (AvgIpc) is 3.18. The van der Waals surface area contributed by atoms with Crippen molar-refractivity contribution in [1.82, 2.24) is 0 Å². The molecule has 1 spiro atoms. The van der Waals surface area contributed by atoms with E-state index in [9.17, 15) is 14.7 Å². The second kappa shape index (κ2) is 24.6. The van der Waals surface area contributed by atoms with Crippen LogP contribution >= 0.6 is 0 Å². The second-order valence-corrected chi connectivity index (χ2v) is 40.5. The van der Waals surface area contributed by atoms with E-state index in [1.807, 2.05) is 13.0 Å². The van der Waals surface area contributed by atoms with Gasteiger partial charge in [-0.25, -0.2) is 4.79 Å². The monoisotopic (exact) mass is 981 g/mol. The van der Waals surface area contributed by atoms with Gasteiger partial charge in [0, 0.05) is 42.7 Å². The summed E-state index contributed by atoms with van der Waals surface area (Å²) in [4.78, 5) is 28.0. The standard InChI is InChI=1S/C52H96O11Si3/c1-36(2)45-39(5)25-26-51(62-45)34-42(63-66(18,19)50(7,8)9)33-41(61-51)24-23-38(4)31-37(3)21-20-22-43(48(53)57-11)52(55)44(49(54)59-28-30-65(15,16)17)32-40(6)46(56-10)47(52)60-35-58-27-29-64(12,13)14/h20-23,36-37,39-42,44-47,55H,24-35H2,1-19H3/b21-20+,38-23+,43-22+/t37-,39-,40-,41+,42-,44-,45+,46+,47+,51+,52+/m0/s1.